The van der Waals surface area contributed by atoms with Gasteiger partial charge in [0.1, 0.15) is 0 Å². The fourth-order valence-electron chi connectivity index (χ4n) is 3.49. The van der Waals surface area contributed by atoms with E-state index in [9.17, 15) is 0 Å². The molecule has 2 fully saturated rings. The lowest BCUT2D eigenvalue weighted by Crippen LogP contribution is -2.56. The minimum Gasteiger partial charge on any atom is -0.381 e. The minimum atomic E-state index is 0.697. The Balaban J connectivity index is 1.79. The Labute approximate surface area is 119 Å². The van der Waals surface area contributed by atoms with Crippen molar-refractivity contribution in [3.05, 3.63) is 0 Å². The summed E-state index contributed by atoms with van der Waals surface area (Å²) in [6, 6.07) is 1.44. The number of hydrogen-bond donors (Lipinski definition) is 1. The fraction of sp³-hybridized carbons (Fsp3) is 1.00. The third kappa shape index (κ3) is 4.73. The molecule has 0 radical (unpaired) electrons. The van der Waals surface area contributed by atoms with Gasteiger partial charge in [0.2, 0.25) is 0 Å². The van der Waals surface area contributed by atoms with Crippen LogP contribution in [0.15, 0.2) is 0 Å². The number of nitrogens with one attached hydrogen (secondary N) is 1. The maximum atomic E-state index is 5.49. The summed E-state index contributed by atoms with van der Waals surface area (Å²) < 4.78 is 5.49. The average Bonchev–Trinajstić information content (AvgIpc) is 2.89. The zero-order valence-electron chi connectivity index (χ0n) is 13.0. The molecule has 2 heterocycles. The highest BCUT2D eigenvalue weighted by atomic mass is 16.5. The summed E-state index contributed by atoms with van der Waals surface area (Å²) >= 11 is 0. The molecule has 0 aromatic rings. The van der Waals surface area contributed by atoms with Crippen LogP contribution in [0, 0.1) is 11.8 Å². The van der Waals surface area contributed by atoms with Crippen molar-refractivity contribution in [1.29, 1.82) is 0 Å². The van der Waals surface area contributed by atoms with Crippen LogP contribution in [0.3, 0.4) is 0 Å². The van der Waals surface area contributed by atoms with Gasteiger partial charge in [0, 0.05) is 38.4 Å². The first-order chi connectivity index (χ1) is 9.19. The lowest BCUT2D eigenvalue weighted by Gasteiger charge is -2.41. The monoisotopic (exact) mass is 268 g/mol. The summed E-state index contributed by atoms with van der Waals surface area (Å²) in [6.45, 7) is 12.6. The molecule has 19 heavy (non-hydrogen) atoms. The second-order valence-corrected chi connectivity index (χ2v) is 6.81. The Morgan fingerprint density at radius 2 is 2.21 bits per heavy atom. The van der Waals surface area contributed by atoms with Gasteiger partial charge in [0.05, 0.1) is 0 Å². The van der Waals surface area contributed by atoms with Crippen molar-refractivity contribution in [1.82, 2.24) is 10.2 Å². The third-order valence-corrected chi connectivity index (χ3v) is 4.69. The summed E-state index contributed by atoms with van der Waals surface area (Å²) in [5, 5.41) is 3.74. The van der Waals surface area contributed by atoms with Crippen molar-refractivity contribution in [3.63, 3.8) is 0 Å². The van der Waals surface area contributed by atoms with E-state index in [1.54, 1.807) is 0 Å². The highest BCUT2D eigenvalue weighted by molar-refractivity contribution is 4.86. The molecule has 3 unspecified atom stereocenters. The first kappa shape index (κ1) is 15.3. The van der Waals surface area contributed by atoms with E-state index in [-0.39, 0.29) is 0 Å². The third-order valence-electron chi connectivity index (χ3n) is 4.69. The summed E-state index contributed by atoms with van der Waals surface area (Å²) in [5.74, 6) is 1.61. The summed E-state index contributed by atoms with van der Waals surface area (Å²) in [5.41, 5.74) is 0. The van der Waals surface area contributed by atoms with Crippen LogP contribution in [0.4, 0.5) is 0 Å². The fourth-order valence-corrected chi connectivity index (χ4v) is 3.49. The van der Waals surface area contributed by atoms with Gasteiger partial charge in [-0.15, -0.1) is 0 Å². The van der Waals surface area contributed by atoms with Gasteiger partial charge in [-0.25, -0.2) is 0 Å². The zero-order valence-corrected chi connectivity index (χ0v) is 13.0. The quantitative estimate of drug-likeness (QED) is 0.801. The van der Waals surface area contributed by atoms with E-state index in [0.29, 0.717) is 6.04 Å². The van der Waals surface area contributed by atoms with E-state index < -0.39 is 0 Å². The largest absolute Gasteiger partial charge is 0.381 e. The van der Waals surface area contributed by atoms with E-state index in [4.69, 9.17) is 4.74 Å². The standard InChI is InChI=1S/C16H32N2O/c1-4-16-10-17-15(9-13(2)3)11-18(16)7-5-14-6-8-19-12-14/h13-17H,4-12H2,1-3H3. The van der Waals surface area contributed by atoms with Crippen molar-refractivity contribution >= 4 is 0 Å². The topological polar surface area (TPSA) is 24.5 Å². The second kappa shape index (κ2) is 7.61. The first-order valence-corrected chi connectivity index (χ1v) is 8.24. The summed E-state index contributed by atoms with van der Waals surface area (Å²) in [4.78, 5) is 2.74. The Hall–Kier alpha value is -0.120. The number of rotatable bonds is 6. The molecule has 1 N–H and O–H groups in total. The van der Waals surface area contributed by atoms with Crippen molar-refractivity contribution < 1.29 is 4.74 Å². The summed E-state index contributed by atoms with van der Waals surface area (Å²) in [6.07, 6.45) is 5.17. The normalized spacial score (nSPS) is 33.2. The predicted octanol–water partition coefficient (Wildman–Crippen LogP) is 2.51. The number of piperazine rings is 1. The van der Waals surface area contributed by atoms with Crippen LogP contribution >= 0.6 is 0 Å². The molecule has 0 aromatic carbocycles. The van der Waals surface area contributed by atoms with Crippen LogP contribution in [-0.2, 0) is 4.74 Å². The van der Waals surface area contributed by atoms with Crippen molar-refractivity contribution in [2.45, 2.75) is 58.5 Å². The van der Waals surface area contributed by atoms with Crippen molar-refractivity contribution in [2.24, 2.45) is 11.8 Å². The molecule has 3 nitrogen and oxygen atoms in total. The molecule has 0 aliphatic carbocycles. The first-order valence-electron chi connectivity index (χ1n) is 8.24. The van der Waals surface area contributed by atoms with Gasteiger partial charge in [0.25, 0.3) is 0 Å². The molecule has 0 amide bonds. The van der Waals surface area contributed by atoms with Gasteiger partial charge in [-0.2, -0.15) is 0 Å². The summed E-state index contributed by atoms with van der Waals surface area (Å²) in [7, 11) is 0. The Bertz CT molecular complexity index is 251. The van der Waals surface area contributed by atoms with Gasteiger partial charge < -0.3 is 10.1 Å². The van der Waals surface area contributed by atoms with Gasteiger partial charge >= 0.3 is 0 Å². The molecule has 3 atom stereocenters. The van der Waals surface area contributed by atoms with Crippen molar-refractivity contribution in [2.75, 3.05) is 32.8 Å². The van der Waals surface area contributed by atoms with Crippen LogP contribution in [-0.4, -0.2) is 49.8 Å². The van der Waals surface area contributed by atoms with Crippen LogP contribution in [0.25, 0.3) is 0 Å². The maximum Gasteiger partial charge on any atom is 0.0495 e. The van der Waals surface area contributed by atoms with Crippen LogP contribution < -0.4 is 5.32 Å². The van der Waals surface area contributed by atoms with Gasteiger partial charge in [0.15, 0.2) is 0 Å². The molecule has 2 aliphatic heterocycles. The van der Waals surface area contributed by atoms with E-state index in [1.165, 1.54) is 45.3 Å². The molecular weight excluding hydrogens is 236 g/mol. The van der Waals surface area contributed by atoms with E-state index in [2.05, 4.69) is 31.0 Å². The molecule has 0 saturated carbocycles. The van der Waals surface area contributed by atoms with E-state index in [1.807, 2.05) is 0 Å². The van der Waals surface area contributed by atoms with Gasteiger partial charge in [-0.05, 0) is 44.1 Å². The molecular formula is C16H32N2O. The maximum absolute atomic E-state index is 5.49. The Morgan fingerprint density at radius 1 is 1.37 bits per heavy atom. The molecule has 2 aliphatic rings. The Kier molecular flexibility index (Phi) is 6.11. The van der Waals surface area contributed by atoms with Crippen LogP contribution in [0.2, 0.25) is 0 Å². The average molecular weight is 268 g/mol. The molecule has 0 spiro atoms. The van der Waals surface area contributed by atoms with Crippen LogP contribution in [0.1, 0.15) is 46.5 Å². The Morgan fingerprint density at radius 3 is 2.84 bits per heavy atom. The van der Waals surface area contributed by atoms with Crippen LogP contribution in [0.5, 0.6) is 0 Å². The van der Waals surface area contributed by atoms with E-state index >= 15 is 0 Å². The SMILES string of the molecule is CCC1CNC(CC(C)C)CN1CCC1CCOC1. The van der Waals surface area contributed by atoms with E-state index in [0.717, 1.165) is 31.1 Å². The lowest BCUT2D eigenvalue weighted by molar-refractivity contribution is 0.108. The van der Waals surface area contributed by atoms with Gasteiger partial charge in [-0.1, -0.05) is 20.8 Å². The lowest BCUT2D eigenvalue weighted by atomic mass is 9.97. The molecule has 0 aromatic heterocycles. The predicted molar refractivity (Wildman–Crippen MR) is 80.4 cm³/mol. The molecule has 0 bridgehead atoms. The zero-order chi connectivity index (χ0) is 13.7. The molecule has 112 valence electrons. The highest BCUT2D eigenvalue weighted by Gasteiger charge is 2.27. The number of hydrogen-bond acceptors (Lipinski definition) is 3. The van der Waals surface area contributed by atoms with Crippen molar-refractivity contribution in [3.8, 4) is 0 Å². The number of ether oxygens (including phenoxy) is 1. The highest BCUT2D eigenvalue weighted by Crippen LogP contribution is 2.20. The molecule has 2 saturated heterocycles. The molecule has 3 heteroatoms. The number of nitrogens with zero attached hydrogens (tertiary/aromatic N) is 1. The smallest absolute Gasteiger partial charge is 0.0495 e. The minimum absolute atomic E-state index is 0.697. The van der Waals surface area contributed by atoms with Gasteiger partial charge in [-0.3, -0.25) is 4.90 Å². The second-order valence-electron chi connectivity index (χ2n) is 6.81. The molecule has 2 rings (SSSR count).